The van der Waals surface area contributed by atoms with E-state index >= 15 is 0 Å². The summed E-state index contributed by atoms with van der Waals surface area (Å²) in [6.45, 7) is 4.15. The highest BCUT2D eigenvalue weighted by molar-refractivity contribution is 5.14. The van der Waals surface area contributed by atoms with Crippen LogP contribution in [0.4, 0.5) is 0 Å². The summed E-state index contributed by atoms with van der Waals surface area (Å²) in [4.78, 5) is 0. The van der Waals surface area contributed by atoms with E-state index in [1.807, 2.05) is 0 Å². The summed E-state index contributed by atoms with van der Waals surface area (Å²) < 4.78 is 0. The zero-order valence-corrected chi connectivity index (χ0v) is 19.5. The molecule has 0 aromatic heterocycles. The van der Waals surface area contributed by atoms with Crippen molar-refractivity contribution in [2.24, 2.45) is 5.73 Å². The van der Waals surface area contributed by atoms with Crippen molar-refractivity contribution in [3.63, 3.8) is 0 Å². The fraction of sp³-hybridized carbons (Fsp3) is 0.778. The monoisotopic (exact) mass is 402 g/mol. The van der Waals surface area contributed by atoms with Crippen LogP contribution >= 0.6 is 0 Å². The highest BCUT2D eigenvalue weighted by Crippen LogP contribution is 2.14. The SMILES string of the molecule is CC(N)CNCCCCCCCCCCCCCCCCCCc1ccccc1. The summed E-state index contributed by atoms with van der Waals surface area (Å²) in [5.41, 5.74) is 7.22. The Balaban J connectivity index is 1.67. The third-order valence-corrected chi connectivity index (χ3v) is 5.88. The second-order valence-electron chi connectivity index (χ2n) is 9.07. The minimum Gasteiger partial charge on any atom is -0.327 e. The molecular weight excluding hydrogens is 352 g/mol. The molecule has 1 rings (SSSR count). The zero-order valence-electron chi connectivity index (χ0n) is 19.5. The second-order valence-corrected chi connectivity index (χ2v) is 9.07. The molecule has 0 fully saturated rings. The Bertz CT molecular complexity index is 429. The van der Waals surface area contributed by atoms with Gasteiger partial charge in [0, 0.05) is 12.6 Å². The molecule has 0 aliphatic rings. The minimum absolute atomic E-state index is 0.283. The maximum atomic E-state index is 5.72. The molecule has 1 atom stereocenters. The number of nitrogens with two attached hydrogens (primary N) is 1. The van der Waals surface area contributed by atoms with Crippen LogP contribution in [0.15, 0.2) is 30.3 Å². The van der Waals surface area contributed by atoms with Crippen LogP contribution in [-0.4, -0.2) is 19.1 Å². The smallest absolute Gasteiger partial charge is 0.0136 e. The number of rotatable bonds is 21. The molecule has 0 saturated carbocycles. The topological polar surface area (TPSA) is 38.0 Å². The molecule has 2 nitrogen and oxygen atoms in total. The van der Waals surface area contributed by atoms with Crippen LogP contribution in [0.25, 0.3) is 0 Å². The molecule has 0 aliphatic carbocycles. The van der Waals surface area contributed by atoms with E-state index in [9.17, 15) is 0 Å². The Morgan fingerprint density at radius 1 is 0.621 bits per heavy atom. The summed E-state index contributed by atoms with van der Waals surface area (Å²) >= 11 is 0. The van der Waals surface area contributed by atoms with Gasteiger partial charge in [-0.1, -0.05) is 120 Å². The molecule has 1 aromatic rings. The van der Waals surface area contributed by atoms with Gasteiger partial charge in [0.25, 0.3) is 0 Å². The van der Waals surface area contributed by atoms with Gasteiger partial charge in [-0.25, -0.2) is 0 Å². The molecule has 3 N–H and O–H groups in total. The van der Waals surface area contributed by atoms with Crippen molar-refractivity contribution in [2.75, 3.05) is 13.1 Å². The first kappa shape index (κ1) is 26.2. The van der Waals surface area contributed by atoms with Crippen LogP contribution in [-0.2, 0) is 6.42 Å². The second kappa shape index (κ2) is 20.4. The lowest BCUT2D eigenvalue weighted by Crippen LogP contribution is -2.31. The fourth-order valence-electron chi connectivity index (χ4n) is 4.03. The van der Waals surface area contributed by atoms with E-state index in [1.54, 1.807) is 0 Å². The van der Waals surface area contributed by atoms with Crippen molar-refractivity contribution in [1.82, 2.24) is 5.32 Å². The van der Waals surface area contributed by atoms with Gasteiger partial charge < -0.3 is 11.1 Å². The number of nitrogens with one attached hydrogen (secondary N) is 1. The maximum Gasteiger partial charge on any atom is 0.0136 e. The van der Waals surface area contributed by atoms with Crippen molar-refractivity contribution < 1.29 is 0 Å². The highest BCUT2D eigenvalue weighted by Gasteiger charge is 1.96. The van der Waals surface area contributed by atoms with Gasteiger partial charge in [-0.15, -0.1) is 0 Å². The van der Waals surface area contributed by atoms with E-state index in [1.165, 1.54) is 115 Å². The first-order valence-corrected chi connectivity index (χ1v) is 12.8. The highest BCUT2D eigenvalue weighted by atomic mass is 14.9. The van der Waals surface area contributed by atoms with Crippen LogP contribution < -0.4 is 11.1 Å². The standard InChI is InChI=1S/C27H50N2/c1-26(28)25-29-24-20-15-13-11-9-7-5-3-2-4-6-8-10-12-14-17-21-27-22-18-16-19-23-27/h16,18-19,22-23,26,29H,2-15,17,20-21,24-25,28H2,1H3. The Labute approximate surface area is 182 Å². The Morgan fingerprint density at radius 3 is 1.48 bits per heavy atom. The van der Waals surface area contributed by atoms with Gasteiger partial charge in [0.15, 0.2) is 0 Å². The summed E-state index contributed by atoms with van der Waals surface area (Å²) in [7, 11) is 0. The van der Waals surface area contributed by atoms with Crippen molar-refractivity contribution in [2.45, 2.75) is 122 Å². The molecule has 29 heavy (non-hydrogen) atoms. The quantitative estimate of drug-likeness (QED) is 0.210. The third-order valence-electron chi connectivity index (χ3n) is 5.88. The summed E-state index contributed by atoms with van der Waals surface area (Å²) in [6.07, 6.45) is 24.0. The minimum atomic E-state index is 0.283. The molecule has 0 aliphatic heterocycles. The van der Waals surface area contributed by atoms with Gasteiger partial charge in [-0.2, -0.15) is 0 Å². The average molecular weight is 403 g/mol. The number of aryl methyl sites for hydroxylation is 1. The van der Waals surface area contributed by atoms with Gasteiger partial charge in [0.1, 0.15) is 0 Å². The fourth-order valence-corrected chi connectivity index (χ4v) is 4.03. The molecular formula is C27H50N2. The number of unbranched alkanes of at least 4 members (excludes halogenated alkanes) is 15. The number of benzene rings is 1. The van der Waals surface area contributed by atoms with E-state index in [0.717, 1.165) is 13.1 Å². The largest absolute Gasteiger partial charge is 0.327 e. The first-order valence-electron chi connectivity index (χ1n) is 12.8. The lowest BCUT2D eigenvalue weighted by atomic mass is 10.0. The Kier molecular flexibility index (Phi) is 18.4. The van der Waals surface area contributed by atoms with Crippen molar-refractivity contribution in [3.8, 4) is 0 Å². The maximum absolute atomic E-state index is 5.72. The predicted octanol–water partition coefficient (Wildman–Crippen LogP) is 7.41. The van der Waals surface area contributed by atoms with E-state index in [2.05, 4.69) is 42.6 Å². The molecule has 0 bridgehead atoms. The molecule has 1 unspecified atom stereocenters. The van der Waals surface area contributed by atoms with E-state index in [4.69, 9.17) is 5.73 Å². The number of hydrogen-bond acceptors (Lipinski definition) is 2. The van der Waals surface area contributed by atoms with Gasteiger partial charge in [0.2, 0.25) is 0 Å². The molecule has 168 valence electrons. The average Bonchev–Trinajstić information content (AvgIpc) is 2.73. The molecule has 1 aromatic carbocycles. The van der Waals surface area contributed by atoms with Crippen LogP contribution in [0.2, 0.25) is 0 Å². The Morgan fingerprint density at radius 2 is 1.03 bits per heavy atom. The van der Waals surface area contributed by atoms with E-state index in [0.29, 0.717) is 0 Å². The van der Waals surface area contributed by atoms with Crippen molar-refractivity contribution >= 4 is 0 Å². The number of hydrogen-bond donors (Lipinski definition) is 2. The lowest BCUT2D eigenvalue weighted by molar-refractivity contribution is 0.521. The molecule has 0 amide bonds. The zero-order chi connectivity index (χ0) is 20.8. The van der Waals surface area contributed by atoms with Crippen LogP contribution in [0.1, 0.15) is 115 Å². The normalized spacial score (nSPS) is 12.3. The predicted molar refractivity (Wildman–Crippen MR) is 131 cm³/mol. The van der Waals surface area contributed by atoms with Gasteiger partial charge in [0.05, 0.1) is 0 Å². The summed E-state index contributed by atoms with van der Waals surface area (Å²) in [6, 6.07) is 11.2. The molecule has 0 spiro atoms. The van der Waals surface area contributed by atoms with Crippen molar-refractivity contribution in [1.29, 1.82) is 0 Å². The first-order chi connectivity index (χ1) is 14.3. The van der Waals surface area contributed by atoms with Gasteiger partial charge >= 0.3 is 0 Å². The molecule has 0 saturated heterocycles. The van der Waals surface area contributed by atoms with Gasteiger partial charge in [-0.3, -0.25) is 0 Å². The van der Waals surface area contributed by atoms with E-state index in [-0.39, 0.29) is 6.04 Å². The van der Waals surface area contributed by atoms with Gasteiger partial charge in [-0.05, 0) is 38.3 Å². The van der Waals surface area contributed by atoms with Crippen LogP contribution in [0.3, 0.4) is 0 Å². The molecule has 2 heteroatoms. The Hall–Kier alpha value is -0.860. The van der Waals surface area contributed by atoms with Crippen LogP contribution in [0.5, 0.6) is 0 Å². The van der Waals surface area contributed by atoms with Crippen LogP contribution in [0, 0.1) is 0 Å². The third kappa shape index (κ3) is 18.9. The van der Waals surface area contributed by atoms with Crippen molar-refractivity contribution in [3.05, 3.63) is 35.9 Å². The summed E-state index contributed by atoms with van der Waals surface area (Å²) in [5.74, 6) is 0. The molecule has 0 radical (unpaired) electrons. The van der Waals surface area contributed by atoms with E-state index < -0.39 is 0 Å². The summed E-state index contributed by atoms with van der Waals surface area (Å²) in [5, 5.41) is 3.42. The lowest BCUT2D eigenvalue weighted by Gasteiger charge is -2.07. The molecule has 0 heterocycles.